The van der Waals surface area contributed by atoms with Crippen LogP contribution in [0.4, 0.5) is 0 Å². The molecule has 0 heterocycles. The summed E-state index contributed by atoms with van der Waals surface area (Å²) >= 11 is 7.61. The average molecular weight is 291 g/mol. The molecule has 0 N–H and O–H groups in total. The molecule has 2 rings (SSSR count). The van der Waals surface area contributed by atoms with Crippen LogP contribution >= 0.6 is 23.4 Å². The second kappa shape index (κ2) is 6.78. The summed E-state index contributed by atoms with van der Waals surface area (Å²) in [6.45, 7) is 0. The maximum atomic E-state index is 12.1. The second-order valence-corrected chi connectivity index (χ2v) is 5.53. The van der Waals surface area contributed by atoms with E-state index < -0.39 is 0 Å². The molecular formula is C16H15ClOS. The summed E-state index contributed by atoms with van der Waals surface area (Å²) in [5, 5.41) is 0.607. The standard InChI is InChI=1S/C16H15ClOS/c1-19-16-8-3-2-5-12(16)9-10-15(18)13-6-4-7-14(17)11-13/h2-8,11H,9-10H2,1H3. The van der Waals surface area contributed by atoms with E-state index in [0.717, 1.165) is 6.42 Å². The summed E-state index contributed by atoms with van der Waals surface area (Å²) in [6, 6.07) is 15.3. The van der Waals surface area contributed by atoms with Gasteiger partial charge < -0.3 is 0 Å². The minimum Gasteiger partial charge on any atom is -0.294 e. The lowest BCUT2D eigenvalue weighted by Gasteiger charge is -2.06. The third kappa shape index (κ3) is 3.85. The zero-order chi connectivity index (χ0) is 13.7. The van der Waals surface area contributed by atoms with Gasteiger partial charge in [-0.3, -0.25) is 4.79 Å². The van der Waals surface area contributed by atoms with Gasteiger partial charge in [0.05, 0.1) is 0 Å². The Hall–Kier alpha value is -1.25. The Bertz CT molecular complexity index is 580. The third-order valence-corrected chi connectivity index (χ3v) is 4.03. The summed E-state index contributed by atoms with van der Waals surface area (Å²) in [5.41, 5.74) is 1.92. The van der Waals surface area contributed by atoms with Gasteiger partial charge in [0.15, 0.2) is 5.78 Å². The molecule has 0 saturated heterocycles. The molecule has 19 heavy (non-hydrogen) atoms. The number of thioether (sulfide) groups is 1. The van der Waals surface area contributed by atoms with Crippen molar-refractivity contribution < 1.29 is 4.79 Å². The largest absolute Gasteiger partial charge is 0.294 e. The number of carbonyl (C=O) groups excluding carboxylic acids is 1. The van der Waals surface area contributed by atoms with Crippen LogP contribution in [-0.4, -0.2) is 12.0 Å². The monoisotopic (exact) mass is 290 g/mol. The van der Waals surface area contributed by atoms with Gasteiger partial charge in [-0.1, -0.05) is 41.9 Å². The minimum absolute atomic E-state index is 0.137. The Morgan fingerprint density at radius 1 is 1.16 bits per heavy atom. The van der Waals surface area contributed by atoms with E-state index in [2.05, 4.69) is 18.4 Å². The Morgan fingerprint density at radius 3 is 2.68 bits per heavy atom. The Morgan fingerprint density at radius 2 is 1.95 bits per heavy atom. The molecule has 2 aromatic rings. The van der Waals surface area contributed by atoms with Crippen LogP contribution in [0, 0.1) is 0 Å². The van der Waals surface area contributed by atoms with Gasteiger partial charge in [0.2, 0.25) is 0 Å². The van der Waals surface area contributed by atoms with Crippen molar-refractivity contribution in [1.82, 2.24) is 0 Å². The van der Waals surface area contributed by atoms with Gasteiger partial charge in [0.25, 0.3) is 0 Å². The summed E-state index contributed by atoms with van der Waals surface area (Å²) < 4.78 is 0. The Labute approximate surface area is 123 Å². The van der Waals surface area contributed by atoms with Crippen LogP contribution < -0.4 is 0 Å². The van der Waals surface area contributed by atoms with Crippen molar-refractivity contribution in [1.29, 1.82) is 0 Å². The molecule has 0 saturated carbocycles. The lowest BCUT2D eigenvalue weighted by atomic mass is 10.0. The number of halogens is 1. The number of hydrogen-bond acceptors (Lipinski definition) is 2. The first kappa shape index (κ1) is 14.2. The van der Waals surface area contributed by atoms with Gasteiger partial charge in [-0.15, -0.1) is 11.8 Å². The quantitative estimate of drug-likeness (QED) is 0.577. The topological polar surface area (TPSA) is 17.1 Å². The van der Waals surface area contributed by atoms with Crippen molar-refractivity contribution in [3.63, 3.8) is 0 Å². The number of rotatable bonds is 5. The molecule has 1 nitrogen and oxygen atoms in total. The van der Waals surface area contributed by atoms with E-state index in [-0.39, 0.29) is 5.78 Å². The maximum Gasteiger partial charge on any atom is 0.163 e. The number of Topliss-reactive ketones (excluding diaryl/α,β-unsaturated/α-hetero) is 1. The highest BCUT2D eigenvalue weighted by Gasteiger charge is 2.08. The number of hydrogen-bond donors (Lipinski definition) is 0. The molecule has 0 aliphatic heterocycles. The van der Waals surface area contributed by atoms with Crippen LogP contribution in [0.2, 0.25) is 5.02 Å². The van der Waals surface area contributed by atoms with E-state index in [4.69, 9.17) is 11.6 Å². The zero-order valence-electron chi connectivity index (χ0n) is 10.7. The highest BCUT2D eigenvalue weighted by Crippen LogP contribution is 2.22. The van der Waals surface area contributed by atoms with E-state index in [0.29, 0.717) is 17.0 Å². The molecule has 0 aromatic heterocycles. The molecular weight excluding hydrogens is 276 g/mol. The van der Waals surface area contributed by atoms with Crippen LogP contribution in [0.15, 0.2) is 53.4 Å². The summed E-state index contributed by atoms with van der Waals surface area (Å²) in [5.74, 6) is 0.137. The fourth-order valence-electron chi connectivity index (χ4n) is 1.96. The lowest BCUT2D eigenvalue weighted by Crippen LogP contribution is -2.01. The van der Waals surface area contributed by atoms with E-state index in [1.165, 1.54) is 10.5 Å². The third-order valence-electron chi connectivity index (χ3n) is 2.96. The number of benzene rings is 2. The fourth-order valence-corrected chi connectivity index (χ4v) is 2.80. The van der Waals surface area contributed by atoms with Gasteiger partial charge in [0, 0.05) is 21.9 Å². The molecule has 3 heteroatoms. The summed E-state index contributed by atoms with van der Waals surface area (Å²) in [4.78, 5) is 13.3. The first-order valence-electron chi connectivity index (χ1n) is 6.11. The fraction of sp³-hybridized carbons (Fsp3) is 0.188. The molecule has 0 bridgehead atoms. The van der Waals surface area contributed by atoms with Crippen molar-refractivity contribution in [3.05, 3.63) is 64.7 Å². The highest BCUT2D eigenvalue weighted by atomic mass is 35.5. The van der Waals surface area contributed by atoms with Gasteiger partial charge in [-0.05, 0) is 36.4 Å². The number of carbonyl (C=O) groups is 1. The average Bonchev–Trinajstić information content (AvgIpc) is 2.45. The molecule has 98 valence electrons. The zero-order valence-corrected chi connectivity index (χ0v) is 12.3. The predicted molar refractivity (Wildman–Crippen MR) is 82.3 cm³/mol. The van der Waals surface area contributed by atoms with Crippen LogP contribution in [0.3, 0.4) is 0 Å². The normalized spacial score (nSPS) is 10.4. The van der Waals surface area contributed by atoms with Crippen LogP contribution in [-0.2, 0) is 6.42 Å². The Balaban J connectivity index is 2.04. The first-order chi connectivity index (χ1) is 9.20. The summed E-state index contributed by atoms with van der Waals surface area (Å²) in [6.07, 6.45) is 3.33. The first-order valence-corrected chi connectivity index (χ1v) is 7.71. The van der Waals surface area contributed by atoms with E-state index in [1.807, 2.05) is 24.3 Å². The van der Waals surface area contributed by atoms with Crippen molar-refractivity contribution in [2.75, 3.05) is 6.26 Å². The van der Waals surface area contributed by atoms with Crippen LogP contribution in [0.1, 0.15) is 22.3 Å². The van der Waals surface area contributed by atoms with Gasteiger partial charge in [-0.2, -0.15) is 0 Å². The lowest BCUT2D eigenvalue weighted by molar-refractivity contribution is 0.0982. The molecule has 0 atom stereocenters. The van der Waals surface area contributed by atoms with Crippen LogP contribution in [0.5, 0.6) is 0 Å². The second-order valence-electron chi connectivity index (χ2n) is 4.25. The molecule has 0 radical (unpaired) electrons. The molecule has 0 unspecified atom stereocenters. The highest BCUT2D eigenvalue weighted by molar-refractivity contribution is 7.98. The van der Waals surface area contributed by atoms with E-state index in [9.17, 15) is 4.79 Å². The van der Waals surface area contributed by atoms with Gasteiger partial charge in [-0.25, -0.2) is 0 Å². The molecule has 0 aliphatic rings. The van der Waals surface area contributed by atoms with Gasteiger partial charge in [0.1, 0.15) is 0 Å². The predicted octanol–water partition coefficient (Wildman–Crippen LogP) is 4.88. The van der Waals surface area contributed by atoms with Crippen molar-refractivity contribution >= 4 is 29.1 Å². The smallest absolute Gasteiger partial charge is 0.163 e. The maximum absolute atomic E-state index is 12.1. The van der Waals surface area contributed by atoms with Crippen LogP contribution in [0.25, 0.3) is 0 Å². The minimum atomic E-state index is 0.137. The molecule has 0 aliphatic carbocycles. The Kier molecular flexibility index (Phi) is 5.06. The van der Waals surface area contributed by atoms with E-state index >= 15 is 0 Å². The summed E-state index contributed by atoms with van der Waals surface area (Å²) in [7, 11) is 0. The molecule has 0 spiro atoms. The SMILES string of the molecule is CSc1ccccc1CCC(=O)c1cccc(Cl)c1. The van der Waals surface area contributed by atoms with Crippen molar-refractivity contribution in [3.8, 4) is 0 Å². The number of aryl methyl sites for hydroxylation is 1. The molecule has 0 amide bonds. The molecule has 2 aromatic carbocycles. The van der Waals surface area contributed by atoms with Crippen molar-refractivity contribution in [2.24, 2.45) is 0 Å². The van der Waals surface area contributed by atoms with E-state index in [1.54, 1.807) is 23.9 Å². The van der Waals surface area contributed by atoms with Crippen molar-refractivity contribution in [2.45, 2.75) is 17.7 Å². The molecule has 0 fully saturated rings. The van der Waals surface area contributed by atoms with Gasteiger partial charge >= 0.3 is 0 Å². The number of ketones is 1.